The van der Waals surface area contributed by atoms with Crippen molar-refractivity contribution < 1.29 is 58.9 Å². The fourth-order valence-corrected chi connectivity index (χ4v) is 70.2. The molecule has 14 nitrogen and oxygen atoms in total. The van der Waals surface area contributed by atoms with Crippen LogP contribution in [0.4, 0.5) is 0 Å². The van der Waals surface area contributed by atoms with E-state index >= 15 is 0 Å². The third-order valence-corrected chi connectivity index (χ3v) is 56.8. The largest absolute Gasteiger partial charge is 0.482 e. The maximum Gasteiger partial charge on any atom is 0.482 e. The Bertz CT molecular complexity index is 1460. The second kappa shape index (κ2) is 16.2. The summed E-state index contributed by atoms with van der Waals surface area (Å²) < 4.78 is 105. The zero-order valence-corrected chi connectivity index (χ0v) is 44.5. The molecule has 0 unspecified atom stereocenters. The molecular weight excluding hydrogens is 917 g/mol. The van der Waals surface area contributed by atoms with Gasteiger partial charge in [-0.25, -0.2) is 0 Å². The van der Waals surface area contributed by atoms with Gasteiger partial charge in [-0.3, -0.25) is 4.79 Å². The summed E-state index contributed by atoms with van der Waals surface area (Å²) in [5.74, 6) is -0.331. The van der Waals surface area contributed by atoms with E-state index in [4.69, 9.17) is 54.1 Å². The van der Waals surface area contributed by atoms with Crippen molar-refractivity contribution in [3.8, 4) is 0 Å². The van der Waals surface area contributed by atoms with Crippen molar-refractivity contribution >= 4 is 76.4 Å². The maximum atomic E-state index is 13.5. The molecule has 0 aromatic rings. The molecule has 0 atom stereocenters. The zero-order valence-electron chi connectivity index (χ0n) is 36.5. The van der Waals surface area contributed by atoms with Crippen molar-refractivity contribution in [2.24, 2.45) is 0 Å². The normalized spacial score (nSPS) is 48.0. The molecular formula is C39H70O14Si8. The van der Waals surface area contributed by atoms with E-state index in [0.717, 1.165) is 180 Å². The molecule has 6 heterocycles. The van der Waals surface area contributed by atoms with Gasteiger partial charge in [0.15, 0.2) is 0 Å². The average Bonchev–Trinajstić information content (AvgIpc) is 4.08. The first-order chi connectivity index (χ1) is 29.7. The lowest BCUT2D eigenvalue weighted by Gasteiger charge is -2.66. The standard InChI is InChI=1S/C39H70O14Si8/c1-41-39(40)30-31-54-42-55(32-16-2-3-17-32)45-58(35-22-8-9-23-35)47-56(43-54,33-18-4-5-19-33)49-60(37-26-12-13-27-37)50-57(44-54,34-20-6-7-21-34)48-59(46-55,36-24-10-11-25-36)52-61(51-58,53-60)38-28-14-15-29-38/h32-38H,2-31H2,1H3. The van der Waals surface area contributed by atoms with Gasteiger partial charge >= 0.3 is 76.4 Å². The fraction of sp³-hybridized carbons (Fsp3) is 0.974. The van der Waals surface area contributed by atoms with Crippen LogP contribution in [-0.4, -0.2) is 83.5 Å². The lowest BCUT2D eigenvalue weighted by atomic mass is 10.4. The van der Waals surface area contributed by atoms with Crippen LogP contribution in [0.3, 0.4) is 0 Å². The van der Waals surface area contributed by atoms with Crippen LogP contribution in [0.15, 0.2) is 0 Å². The van der Waals surface area contributed by atoms with Crippen LogP contribution >= 0.6 is 0 Å². The van der Waals surface area contributed by atoms with E-state index in [1.54, 1.807) is 0 Å². The molecule has 61 heavy (non-hydrogen) atoms. The highest BCUT2D eigenvalue weighted by Crippen LogP contribution is 2.66. The molecule has 0 amide bonds. The number of hydrogen-bond acceptors (Lipinski definition) is 14. The SMILES string of the molecule is COC(=O)CC[Si]12O[Si]3(C4CCCC4)O[Si]4(C5CCCC5)O[Si](C5CCCC5)(O1)O[Si]1(C5CCCC5)O[Si](C5CCCC5)(O2)O[Si](C2CCCC2)(O3)O[Si](C2CCCC2)(O4)O1. The second-order valence-electron chi connectivity index (χ2n) is 21.1. The molecule has 6 aliphatic heterocycles. The lowest BCUT2D eigenvalue weighted by molar-refractivity contribution is -0.140. The molecule has 13 fully saturated rings. The van der Waals surface area contributed by atoms with Crippen LogP contribution in [-0.2, 0) is 58.9 Å². The molecule has 13 aliphatic rings. The van der Waals surface area contributed by atoms with Crippen molar-refractivity contribution in [2.75, 3.05) is 7.11 Å². The van der Waals surface area contributed by atoms with E-state index < -0.39 is 70.4 Å². The number of rotatable bonds is 10. The predicted octanol–water partition coefficient (Wildman–Crippen LogP) is 9.94. The van der Waals surface area contributed by atoms with E-state index in [-0.39, 0.29) is 57.2 Å². The molecule has 13 rings (SSSR count). The summed E-state index contributed by atoms with van der Waals surface area (Å²) in [5, 5.41) is 0. The molecule has 0 aromatic heterocycles. The molecule has 6 saturated heterocycles. The first-order valence-corrected chi connectivity index (χ1v) is 39.7. The monoisotopic (exact) mass is 986 g/mol. The highest BCUT2D eigenvalue weighted by Gasteiger charge is 2.88. The summed E-state index contributed by atoms with van der Waals surface area (Å²) in [5.41, 5.74) is -0.0206. The van der Waals surface area contributed by atoms with Crippen LogP contribution in [0, 0.1) is 0 Å². The minimum Gasteiger partial charge on any atom is -0.469 e. The summed E-state index contributed by atoms with van der Waals surface area (Å²) >= 11 is 0. The van der Waals surface area contributed by atoms with Gasteiger partial charge in [0.05, 0.1) is 7.11 Å². The van der Waals surface area contributed by atoms with E-state index in [1.807, 2.05) is 0 Å². The minimum absolute atomic E-state index is 0.0139. The number of hydrogen-bond donors (Lipinski definition) is 0. The number of ether oxygens (including phenoxy) is 1. The Hall–Kier alpha value is 0.725. The summed E-state index contributed by atoms with van der Waals surface area (Å²) in [7, 11) is -30.6. The van der Waals surface area contributed by atoms with Gasteiger partial charge in [0.25, 0.3) is 0 Å². The fourth-order valence-electron chi connectivity index (χ4n) is 14.2. The van der Waals surface area contributed by atoms with Crippen LogP contribution in [0.5, 0.6) is 0 Å². The van der Waals surface area contributed by atoms with Crippen molar-refractivity contribution in [1.29, 1.82) is 0 Å². The van der Waals surface area contributed by atoms with E-state index in [2.05, 4.69) is 0 Å². The quantitative estimate of drug-likeness (QED) is 0.152. The molecule has 8 bridgehead atoms. The van der Waals surface area contributed by atoms with Crippen LogP contribution < -0.4 is 0 Å². The Morgan fingerprint density at radius 2 is 0.525 bits per heavy atom. The van der Waals surface area contributed by atoms with Gasteiger partial charge in [-0.1, -0.05) is 89.9 Å². The summed E-state index contributed by atoms with van der Waals surface area (Å²) in [6, 6.07) is 0.188. The zero-order chi connectivity index (χ0) is 41.0. The van der Waals surface area contributed by atoms with Crippen molar-refractivity contribution in [3.05, 3.63) is 0 Å². The van der Waals surface area contributed by atoms with Gasteiger partial charge in [-0.2, -0.15) is 0 Å². The minimum atomic E-state index is -4.17. The molecule has 342 valence electrons. The predicted molar refractivity (Wildman–Crippen MR) is 236 cm³/mol. The average molecular weight is 988 g/mol. The van der Waals surface area contributed by atoms with Gasteiger partial charge < -0.3 is 54.1 Å². The Morgan fingerprint density at radius 1 is 0.344 bits per heavy atom. The van der Waals surface area contributed by atoms with Crippen LogP contribution in [0.2, 0.25) is 44.8 Å². The Morgan fingerprint density at radius 3 is 0.705 bits per heavy atom. The lowest BCUT2D eigenvalue weighted by Crippen LogP contribution is -2.90. The smallest absolute Gasteiger partial charge is 0.469 e. The van der Waals surface area contributed by atoms with E-state index in [1.165, 1.54) is 7.11 Å². The molecule has 0 radical (unpaired) electrons. The highest BCUT2D eigenvalue weighted by atomic mass is 28.6. The molecule has 22 heteroatoms. The molecule has 0 aromatic carbocycles. The van der Waals surface area contributed by atoms with E-state index in [0.29, 0.717) is 0 Å². The molecule has 7 saturated carbocycles. The van der Waals surface area contributed by atoms with Gasteiger partial charge in [-0.15, -0.1) is 0 Å². The summed E-state index contributed by atoms with van der Waals surface area (Å²) in [4.78, 5) is 13.5. The Balaban J connectivity index is 1.18. The number of methoxy groups -OCH3 is 1. The second-order valence-corrected chi connectivity index (χ2v) is 46.9. The van der Waals surface area contributed by atoms with Gasteiger partial charge in [0.2, 0.25) is 0 Å². The van der Waals surface area contributed by atoms with Gasteiger partial charge in [0, 0.05) is 51.3 Å². The van der Waals surface area contributed by atoms with Gasteiger partial charge in [-0.05, 0) is 89.9 Å². The molecule has 7 aliphatic carbocycles. The van der Waals surface area contributed by atoms with Crippen LogP contribution in [0.25, 0.3) is 0 Å². The first-order valence-electron chi connectivity index (χ1n) is 25.2. The van der Waals surface area contributed by atoms with Crippen molar-refractivity contribution in [3.63, 3.8) is 0 Å². The first kappa shape index (κ1) is 43.0. The highest BCUT2D eigenvalue weighted by molar-refractivity contribution is 7.04. The van der Waals surface area contributed by atoms with Crippen molar-refractivity contribution in [2.45, 2.75) is 231 Å². The van der Waals surface area contributed by atoms with Crippen LogP contribution in [0.1, 0.15) is 186 Å². The number of esters is 1. The number of carbonyl (C=O) groups excluding carboxylic acids is 1. The van der Waals surface area contributed by atoms with Crippen molar-refractivity contribution in [1.82, 2.24) is 0 Å². The third kappa shape index (κ3) is 7.10. The molecule has 0 spiro atoms. The maximum absolute atomic E-state index is 13.5. The summed E-state index contributed by atoms with van der Waals surface area (Å²) in [6.07, 6.45) is 28.1. The van der Waals surface area contributed by atoms with E-state index in [9.17, 15) is 4.79 Å². The topological polar surface area (TPSA) is 137 Å². The molecule has 0 N–H and O–H groups in total. The van der Waals surface area contributed by atoms with Gasteiger partial charge in [0.1, 0.15) is 0 Å². The summed E-state index contributed by atoms with van der Waals surface area (Å²) in [6.45, 7) is 0. The number of carbonyl (C=O) groups is 1. The Labute approximate surface area is 371 Å². The Kier molecular flexibility index (Phi) is 11.4. The third-order valence-electron chi connectivity index (χ3n) is 17.3.